The first-order valence-electron chi connectivity index (χ1n) is 7.34. The SMILES string of the molecule is COc1cccc(F)c1C(C)NC1Cc2ccccc2C1. The molecule has 1 N–H and O–H groups in total. The highest BCUT2D eigenvalue weighted by Gasteiger charge is 2.24. The number of ether oxygens (including phenoxy) is 1. The molecule has 0 amide bonds. The number of methoxy groups -OCH3 is 1. The summed E-state index contributed by atoms with van der Waals surface area (Å²) in [5.74, 6) is 0.385. The van der Waals surface area contributed by atoms with E-state index in [-0.39, 0.29) is 11.9 Å². The van der Waals surface area contributed by atoms with Crippen LogP contribution in [0.4, 0.5) is 4.39 Å². The van der Waals surface area contributed by atoms with Gasteiger partial charge in [-0.25, -0.2) is 4.39 Å². The Morgan fingerprint density at radius 2 is 1.76 bits per heavy atom. The van der Waals surface area contributed by atoms with E-state index in [1.807, 2.05) is 6.92 Å². The van der Waals surface area contributed by atoms with Gasteiger partial charge in [0, 0.05) is 17.6 Å². The van der Waals surface area contributed by atoms with Gasteiger partial charge in [0.1, 0.15) is 11.6 Å². The summed E-state index contributed by atoms with van der Waals surface area (Å²) in [6, 6.07) is 13.7. The number of halogens is 1. The number of fused-ring (bicyclic) bond motifs is 1. The molecule has 1 atom stereocenters. The molecule has 1 unspecified atom stereocenters. The number of nitrogens with one attached hydrogen (secondary N) is 1. The molecule has 3 heteroatoms. The Morgan fingerprint density at radius 3 is 2.38 bits per heavy atom. The minimum absolute atomic E-state index is 0.0829. The summed E-state index contributed by atoms with van der Waals surface area (Å²) in [5.41, 5.74) is 3.39. The molecule has 0 spiro atoms. The molecule has 0 bridgehead atoms. The van der Waals surface area contributed by atoms with E-state index in [1.54, 1.807) is 19.2 Å². The van der Waals surface area contributed by atoms with Crippen molar-refractivity contribution in [3.63, 3.8) is 0 Å². The molecule has 0 radical (unpaired) electrons. The van der Waals surface area contributed by atoms with Crippen molar-refractivity contribution in [3.8, 4) is 5.75 Å². The maximum Gasteiger partial charge on any atom is 0.131 e. The van der Waals surface area contributed by atoms with Gasteiger partial charge >= 0.3 is 0 Å². The molecule has 2 aromatic rings. The first kappa shape index (κ1) is 14.1. The lowest BCUT2D eigenvalue weighted by Gasteiger charge is -2.22. The number of rotatable bonds is 4. The van der Waals surface area contributed by atoms with Crippen molar-refractivity contribution >= 4 is 0 Å². The van der Waals surface area contributed by atoms with Crippen LogP contribution in [0.15, 0.2) is 42.5 Å². The van der Waals surface area contributed by atoms with Crippen LogP contribution in [0.25, 0.3) is 0 Å². The summed E-state index contributed by atoms with van der Waals surface area (Å²) in [6.07, 6.45) is 1.99. The van der Waals surface area contributed by atoms with Crippen molar-refractivity contribution in [2.75, 3.05) is 7.11 Å². The van der Waals surface area contributed by atoms with Gasteiger partial charge in [0.05, 0.1) is 7.11 Å². The van der Waals surface area contributed by atoms with E-state index in [4.69, 9.17) is 4.74 Å². The van der Waals surface area contributed by atoms with Gasteiger partial charge in [-0.2, -0.15) is 0 Å². The van der Waals surface area contributed by atoms with E-state index < -0.39 is 0 Å². The minimum atomic E-state index is -0.218. The average Bonchev–Trinajstić information content (AvgIpc) is 2.88. The molecule has 0 fully saturated rings. The predicted molar refractivity (Wildman–Crippen MR) is 82.1 cm³/mol. The van der Waals surface area contributed by atoms with E-state index in [0.29, 0.717) is 17.4 Å². The Labute approximate surface area is 125 Å². The lowest BCUT2D eigenvalue weighted by atomic mass is 10.0. The molecule has 2 aromatic carbocycles. The number of hydrogen-bond acceptors (Lipinski definition) is 2. The highest BCUT2D eigenvalue weighted by Crippen LogP contribution is 2.30. The van der Waals surface area contributed by atoms with Crippen molar-refractivity contribution in [1.29, 1.82) is 0 Å². The van der Waals surface area contributed by atoms with E-state index in [9.17, 15) is 4.39 Å². The monoisotopic (exact) mass is 285 g/mol. The summed E-state index contributed by atoms with van der Waals surface area (Å²) in [5, 5.41) is 3.54. The largest absolute Gasteiger partial charge is 0.496 e. The van der Waals surface area contributed by atoms with E-state index in [0.717, 1.165) is 12.8 Å². The quantitative estimate of drug-likeness (QED) is 0.926. The van der Waals surface area contributed by atoms with Crippen LogP contribution in [0, 0.1) is 5.82 Å². The Morgan fingerprint density at radius 1 is 1.10 bits per heavy atom. The smallest absolute Gasteiger partial charge is 0.131 e. The highest BCUT2D eigenvalue weighted by atomic mass is 19.1. The van der Waals surface area contributed by atoms with Crippen LogP contribution < -0.4 is 10.1 Å². The third-order valence-corrected chi connectivity index (χ3v) is 4.20. The molecule has 110 valence electrons. The fourth-order valence-corrected chi connectivity index (χ4v) is 3.23. The second-order valence-electron chi connectivity index (χ2n) is 5.62. The van der Waals surface area contributed by atoms with Crippen LogP contribution in [-0.2, 0) is 12.8 Å². The van der Waals surface area contributed by atoms with Crippen LogP contribution in [0.1, 0.15) is 29.7 Å². The fourth-order valence-electron chi connectivity index (χ4n) is 3.23. The van der Waals surface area contributed by atoms with E-state index in [1.165, 1.54) is 17.2 Å². The normalized spacial score (nSPS) is 15.8. The van der Waals surface area contributed by atoms with Crippen LogP contribution in [0.5, 0.6) is 5.75 Å². The summed E-state index contributed by atoms with van der Waals surface area (Å²) >= 11 is 0. The Kier molecular flexibility index (Phi) is 3.93. The molecule has 1 aliphatic rings. The van der Waals surface area contributed by atoms with Crippen LogP contribution in [0.3, 0.4) is 0 Å². The topological polar surface area (TPSA) is 21.3 Å². The standard InChI is InChI=1S/C18H20FNO/c1-12(18-16(19)8-5-9-17(18)21-2)20-15-10-13-6-3-4-7-14(13)11-15/h3-9,12,15,20H,10-11H2,1-2H3. The van der Waals surface area contributed by atoms with Gasteiger partial charge in [-0.15, -0.1) is 0 Å². The summed E-state index contributed by atoms with van der Waals surface area (Å²) in [4.78, 5) is 0. The summed E-state index contributed by atoms with van der Waals surface area (Å²) in [6.45, 7) is 1.99. The minimum Gasteiger partial charge on any atom is -0.496 e. The molecule has 0 saturated carbocycles. The lowest BCUT2D eigenvalue weighted by molar-refractivity contribution is 0.384. The molecule has 0 aliphatic heterocycles. The molecule has 0 saturated heterocycles. The highest BCUT2D eigenvalue weighted by molar-refractivity contribution is 5.38. The van der Waals surface area contributed by atoms with Crippen LogP contribution in [-0.4, -0.2) is 13.2 Å². The summed E-state index contributed by atoms with van der Waals surface area (Å²) in [7, 11) is 1.58. The molecule has 21 heavy (non-hydrogen) atoms. The Hall–Kier alpha value is -1.87. The first-order chi connectivity index (χ1) is 10.2. The molecular weight excluding hydrogens is 265 g/mol. The predicted octanol–water partition coefficient (Wildman–Crippen LogP) is 3.65. The second-order valence-corrected chi connectivity index (χ2v) is 5.62. The van der Waals surface area contributed by atoms with Crippen molar-refractivity contribution in [2.45, 2.75) is 31.8 Å². The van der Waals surface area contributed by atoms with Crippen molar-refractivity contribution < 1.29 is 9.13 Å². The van der Waals surface area contributed by atoms with Gasteiger partial charge in [0.25, 0.3) is 0 Å². The Balaban J connectivity index is 1.75. The second kappa shape index (κ2) is 5.86. The Bertz CT molecular complexity index is 616. The zero-order chi connectivity index (χ0) is 14.8. The molecular formula is C18H20FNO. The average molecular weight is 285 g/mol. The van der Waals surface area contributed by atoms with Crippen LogP contribution in [0.2, 0.25) is 0 Å². The van der Waals surface area contributed by atoms with Crippen molar-refractivity contribution in [3.05, 3.63) is 65.0 Å². The van der Waals surface area contributed by atoms with Gasteiger partial charge in [0.2, 0.25) is 0 Å². The maximum atomic E-state index is 14.1. The zero-order valence-corrected chi connectivity index (χ0v) is 12.4. The van der Waals surface area contributed by atoms with Gasteiger partial charge in [-0.1, -0.05) is 30.3 Å². The molecule has 0 aromatic heterocycles. The van der Waals surface area contributed by atoms with Crippen LogP contribution >= 0.6 is 0 Å². The summed E-state index contributed by atoms with van der Waals surface area (Å²) < 4.78 is 19.4. The molecule has 1 aliphatic carbocycles. The van der Waals surface area contributed by atoms with Gasteiger partial charge in [-0.3, -0.25) is 0 Å². The number of hydrogen-bond donors (Lipinski definition) is 1. The van der Waals surface area contributed by atoms with E-state index in [2.05, 4.69) is 29.6 Å². The van der Waals surface area contributed by atoms with Gasteiger partial charge < -0.3 is 10.1 Å². The molecule has 3 rings (SSSR count). The van der Waals surface area contributed by atoms with Gasteiger partial charge in [-0.05, 0) is 43.0 Å². The van der Waals surface area contributed by atoms with E-state index >= 15 is 0 Å². The first-order valence-corrected chi connectivity index (χ1v) is 7.34. The third-order valence-electron chi connectivity index (χ3n) is 4.20. The maximum absolute atomic E-state index is 14.1. The molecule has 0 heterocycles. The number of benzene rings is 2. The van der Waals surface area contributed by atoms with Crippen molar-refractivity contribution in [2.24, 2.45) is 0 Å². The fraction of sp³-hybridized carbons (Fsp3) is 0.333. The third kappa shape index (κ3) is 2.79. The zero-order valence-electron chi connectivity index (χ0n) is 12.4. The van der Waals surface area contributed by atoms with Gasteiger partial charge in [0.15, 0.2) is 0 Å². The molecule has 2 nitrogen and oxygen atoms in total. The lowest BCUT2D eigenvalue weighted by Crippen LogP contribution is -2.32. The van der Waals surface area contributed by atoms with Crippen molar-refractivity contribution in [1.82, 2.24) is 5.32 Å².